The Morgan fingerprint density at radius 1 is 1.54 bits per heavy atom. The van der Waals surface area contributed by atoms with Crippen molar-refractivity contribution in [1.82, 2.24) is 9.55 Å². The van der Waals surface area contributed by atoms with Gasteiger partial charge in [-0.1, -0.05) is 0 Å². The van der Waals surface area contributed by atoms with Gasteiger partial charge in [0, 0.05) is 20.2 Å². The van der Waals surface area contributed by atoms with Crippen LogP contribution >= 0.6 is 0 Å². The molecule has 0 fully saturated rings. The van der Waals surface area contributed by atoms with Gasteiger partial charge in [0.2, 0.25) is 0 Å². The number of hydrogen-bond acceptors (Lipinski definition) is 4. The number of rotatable bonds is 2. The number of imidazole rings is 1. The summed E-state index contributed by atoms with van der Waals surface area (Å²) in [6.07, 6.45) is 1.46. The monoisotopic (exact) mass is 182 g/mol. The van der Waals surface area contributed by atoms with E-state index in [1.807, 2.05) is 0 Å². The molecule has 0 amide bonds. The maximum absolute atomic E-state index is 11.0. The van der Waals surface area contributed by atoms with Gasteiger partial charge >= 0.3 is 5.97 Å². The molecule has 1 aromatic rings. The molecule has 0 aromatic carbocycles. The van der Waals surface area contributed by atoms with E-state index in [9.17, 15) is 9.59 Å². The van der Waals surface area contributed by atoms with E-state index in [0.717, 1.165) is 0 Å². The lowest BCUT2D eigenvalue weighted by atomic mass is 10.4. The Balaban J connectivity index is 3.09. The molecule has 1 aromatic heterocycles. The van der Waals surface area contributed by atoms with Gasteiger partial charge in [-0.15, -0.1) is 0 Å². The standard InChI is InChI=1S/C8H10N2O3/c1-5(11)7-9-6(4-10(7)2)8(12)13-3/h4H,1-3H3. The smallest absolute Gasteiger partial charge is 0.358 e. The van der Waals surface area contributed by atoms with Gasteiger partial charge in [-0.25, -0.2) is 9.78 Å². The van der Waals surface area contributed by atoms with Crippen molar-refractivity contribution in [2.24, 2.45) is 7.05 Å². The third-order valence-corrected chi connectivity index (χ3v) is 1.59. The van der Waals surface area contributed by atoms with E-state index in [2.05, 4.69) is 9.72 Å². The molecular formula is C8H10N2O3. The largest absolute Gasteiger partial charge is 0.464 e. The predicted molar refractivity (Wildman–Crippen MR) is 44.6 cm³/mol. The van der Waals surface area contributed by atoms with Crippen molar-refractivity contribution in [3.63, 3.8) is 0 Å². The summed E-state index contributed by atoms with van der Waals surface area (Å²) in [4.78, 5) is 25.8. The van der Waals surface area contributed by atoms with Crippen LogP contribution in [0.1, 0.15) is 28.0 Å². The molecule has 13 heavy (non-hydrogen) atoms. The summed E-state index contributed by atoms with van der Waals surface area (Å²) in [7, 11) is 2.92. The molecule has 0 unspecified atom stereocenters. The molecule has 0 bridgehead atoms. The van der Waals surface area contributed by atoms with Gasteiger partial charge in [0.05, 0.1) is 7.11 Å². The van der Waals surface area contributed by atoms with E-state index in [0.29, 0.717) is 0 Å². The van der Waals surface area contributed by atoms with Gasteiger partial charge in [-0.3, -0.25) is 4.79 Å². The van der Waals surface area contributed by atoms with Crippen LogP contribution in [0.5, 0.6) is 0 Å². The van der Waals surface area contributed by atoms with Crippen LogP contribution in [0.4, 0.5) is 0 Å². The van der Waals surface area contributed by atoms with E-state index in [-0.39, 0.29) is 17.3 Å². The van der Waals surface area contributed by atoms with Crippen LogP contribution in [0.3, 0.4) is 0 Å². The second-order valence-electron chi connectivity index (χ2n) is 2.61. The Kier molecular flexibility index (Phi) is 2.46. The molecule has 0 spiro atoms. The molecule has 0 saturated carbocycles. The first-order chi connectivity index (χ1) is 6.06. The summed E-state index contributed by atoms with van der Waals surface area (Å²) < 4.78 is 5.95. The second kappa shape index (κ2) is 3.38. The Bertz CT molecular complexity index is 354. The number of nitrogens with zero attached hydrogens (tertiary/aromatic N) is 2. The average Bonchev–Trinajstić information content (AvgIpc) is 2.46. The van der Waals surface area contributed by atoms with Gasteiger partial charge in [-0.05, 0) is 0 Å². The highest BCUT2D eigenvalue weighted by Gasteiger charge is 2.14. The number of ketones is 1. The van der Waals surface area contributed by atoms with Crippen molar-refractivity contribution in [2.75, 3.05) is 7.11 Å². The van der Waals surface area contributed by atoms with E-state index < -0.39 is 5.97 Å². The van der Waals surface area contributed by atoms with Crippen molar-refractivity contribution in [3.05, 3.63) is 17.7 Å². The molecule has 0 aliphatic carbocycles. The van der Waals surface area contributed by atoms with E-state index in [4.69, 9.17) is 0 Å². The maximum Gasteiger partial charge on any atom is 0.358 e. The van der Waals surface area contributed by atoms with Crippen molar-refractivity contribution in [1.29, 1.82) is 0 Å². The normalized spacial score (nSPS) is 9.77. The van der Waals surface area contributed by atoms with Crippen molar-refractivity contribution in [2.45, 2.75) is 6.92 Å². The Morgan fingerprint density at radius 3 is 2.54 bits per heavy atom. The first-order valence-corrected chi connectivity index (χ1v) is 3.69. The van der Waals surface area contributed by atoms with Crippen LogP contribution in [0, 0.1) is 0 Å². The Morgan fingerprint density at radius 2 is 2.15 bits per heavy atom. The van der Waals surface area contributed by atoms with E-state index in [1.165, 1.54) is 24.8 Å². The number of aryl methyl sites for hydroxylation is 1. The highest BCUT2D eigenvalue weighted by atomic mass is 16.5. The van der Waals surface area contributed by atoms with Gasteiger partial charge in [0.15, 0.2) is 17.3 Å². The minimum Gasteiger partial charge on any atom is -0.464 e. The third kappa shape index (κ3) is 1.74. The molecule has 5 nitrogen and oxygen atoms in total. The lowest BCUT2D eigenvalue weighted by molar-refractivity contribution is 0.0594. The van der Waals surface area contributed by atoms with Crippen molar-refractivity contribution < 1.29 is 14.3 Å². The molecular weight excluding hydrogens is 172 g/mol. The number of hydrogen-bond donors (Lipinski definition) is 0. The molecule has 0 N–H and O–H groups in total. The molecule has 70 valence electrons. The molecule has 0 aliphatic heterocycles. The first-order valence-electron chi connectivity index (χ1n) is 3.69. The summed E-state index contributed by atoms with van der Waals surface area (Å²) >= 11 is 0. The van der Waals surface area contributed by atoms with E-state index >= 15 is 0 Å². The Labute approximate surface area is 75.3 Å². The van der Waals surface area contributed by atoms with Gasteiger partial charge in [-0.2, -0.15) is 0 Å². The lowest BCUT2D eigenvalue weighted by Gasteiger charge is -1.91. The van der Waals surface area contributed by atoms with Crippen LogP contribution in [-0.2, 0) is 11.8 Å². The maximum atomic E-state index is 11.0. The van der Waals surface area contributed by atoms with Crippen LogP contribution in [0.2, 0.25) is 0 Å². The zero-order valence-corrected chi connectivity index (χ0v) is 7.70. The Hall–Kier alpha value is -1.65. The fourth-order valence-electron chi connectivity index (χ4n) is 0.996. The van der Waals surface area contributed by atoms with Crippen LogP contribution in [-0.4, -0.2) is 28.4 Å². The number of Topliss-reactive ketones (excluding diaryl/α,β-unsaturated/α-hetero) is 1. The van der Waals surface area contributed by atoms with Crippen molar-refractivity contribution in [3.8, 4) is 0 Å². The zero-order valence-electron chi connectivity index (χ0n) is 7.70. The molecule has 0 radical (unpaired) electrons. The molecule has 1 rings (SSSR count). The quantitative estimate of drug-likeness (QED) is 0.491. The highest BCUT2D eigenvalue weighted by Crippen LogP contribution is 2.03. The summed E-state index contributed by atoms with van der Waals surface area (Å²) in [5.41, 5.74) is 0.148. The fraction of sp³-hybridized carbons (Fsp3) is 0.375. The number of esters is 1. The topological polar surface area (TPSA) is 61.2 Å². The summed E-state index contributed by atoms with van der Waals surface area (Å²) in [5, 5.41) is 0. The first kappa shape index (κ1) is 9.44. The minimum absolute atomic E-state index is 0.148. The third-order valence-electron chi connectivity index (χ3n) is 1.59. The van der Waals surface area contributed by atoms with Gasteiger partial charge in [0.1, 0.15) is 0 Å². The van der Waals surface area contributed by atoms with Crippen LogP contribution < -0.4 is 0 Å². The van der Waals surface area contributed by atoms with Crippen LogP contribution in [0.15, 0.2) is 6.20 Å². The predicted octanol–water partition coefficient (Wildman–Crippen LogP) is 0.409. The molecule has 1 heterocycles. The minimum atomic E-state index is -0.539. The fourth-order valence-corrected chi connectivity index (χ4v) is 0.996. The molecule has 0 aliphatic rings. The number of carbonyl (C=O) groups excluding carboxylic acids is 2. The molecule has 0 atom stereocenters. The molecule has 5 heteroatoms. The zero-order chi connectivity index (χ0) is 10.0. The summed E-state index contributed by atoms with van der Waals surface area (Å²) in [6, 6.07) is 0. The number of ether oxygens (including phenoxy) is 1. The van der Waals surface area contributed by atoms with Gasteiger partial charge in [0.25, 0.3) is 0 Å². The number of carbonyl (C=O) groups is 2. The number of aromatic nitrogens is 2. The van der Waals surface area contributed by atoms with Crippen LogP contribution in [0.25, 0.3) is 0 Å². The van der Waals surface area contributed by atoms with Crippen molar-refractivity contribution >= 4 is 11.8 Å². The summed E-state index contributed by atoms with van der Waals surface area (Å²) in [5.74, 6) is -0.471. The number of methoxy groups -OCH3 is 1. The van der Waals surface area contributed by atoms with Gasteiger partial charge < -0.3 is 9.30 Å². The SMILES string of the molecule is COC(=O)c1cn(C)c(C(C)=O)n1. The lowest BCUT2D eigenvalue weighted by Crippen LogP contribution is -2.03. The average molecular weight is 182 g/mol. The second-order valence-corrected chi connectivity index (χ2v) is 2.61. The summed E-state index contributed by atoms with van der Waals surface area (Å²) in [6.45, 7) is 1.39. The van der Waals surface area contributed by atoms with E-state index in [1.54, 1.807) is 7.05 Å². The molecule has 0 saturated heterocycles. The highest BCUT2D eigenvalue weighted by molar-refractivity contribution is 5.93.